The third-order valence-electron chi connectivity index (χ3n) is 4.40. The Morgan fingerprint density at radius 1 is 0.808 bits per heavy atom. The van der Waals surface area contributed by atoms with Crippen molar-refractivity contribution in [3.05, 3.63) is 102 Å². The van der Waals surface area contributed by atoms with Crippen LogP contribution in [-0.2, 0) is 6.42 Å². The third kappa shape index (κ3) is 3.24. The lowest BCUT2D eigenvalue weighted by Crippen LogP contribution is -2.07. The summed E-state index contributed by atoms with van der Waals surface area (Å²) >= 11 is 0. The number of para-hydroxylation sites is 1. The highest BCUT2D eigenvalue weighted by Crippen LogP contribution is 2.31. The van der Waals surface area contributed by atoms with Crippen LogP contribution in [0.5, 0.6) is 5.75 Å². The summed E-state index contributed by atoms with van der Waals surface area (Å²) in [5.41, 5.74) is 3.27. The predicted octanol–water partition coefficient (Wildman–Crippen LogP) is 5.02. The summed E-state index contributed by atoms with van der Waals surface area (Å²) in [7, 11) is 0. The number of benzene rings is 3. The van der Waals surface area contributed by atoms with Gasteiger partial charge < -0.3 is 9.72 Å². The van der Waals surface area contributed by atoms with E-state index in [0.29, 0.717) is 23.6 Å². The Hall–Kier alpha value is -3.33. The molecule has 4 rings (SSSR count). The quantitative estimate of drug-likeness (QED) is 0.500. The van der Waals surface area contributed by atoms with Crippen molar-refractivity contribution >= 4 is 16.7 Å². The highest BCUT2D eigenvalue weighted by Gasteiger charge is 2.20. The zero-order chi connectivity index (χ0) is 17.8. The van der Waals surface area contributed by atoms with Gasteiger partial charge in [-0.2, -0.15) is 0 Å². The number of hydrogen-bond acceptors (Lipinski definition) is 2. The van der Waals surface area contributed by atoms with Gasteiger partial charge in [0.05, 0.1) is 6.61 Å². The van der Waals surface area contributed by atoms with Gasteiger partial charge in [-0.05, 0) is 17.7 Å². The van der Waals surface area contributed by atoms with Crippen molar-refractivity contribution in [3.8, 4) is 5.75 Å². The van der Waals surface area contributed by atoms with Crippen LogP contribution in [0.25, 0.3) is 10.9 Å². The summed E-state index contributed by atoms with van der Waals surface area (Å²) in [5, 5.41) is 0.930. The Kier molecular flexibility index (Phi) is 4.52. The number of fused-ring (bicyclic) bond motifs is 1. The van der Waals surface area contributed by atoms with Gasteiger partial charge in [0, 0.05) is 22.9 Å². The van der Waals surface area contributed by atoms with E-state index in [1.165, 1.54) is 5.56 Å². The molecule has 0 spiro atoms. The molecular weight excluding hydrogens is 322 g/mol. The smallest absolute Gasteiger partial charge is 0.213 e. The van der Waals surface area contributed by atoms with Crippen LogP contribution in [0.4, 0.5) is 0 Å². The molecular formula is C23H19NO2. The fraction of sp³-hybridized carbons (Fsp3) is 0.0870. The molecule has 0 bridgehead atoms. The van der Waals surface area contributed by atoms with Gasteiger partial charge in [0.1, 0.15) is 5.69 Å². The Labute approximate surface area is 152 Å². The fourth-order valence-electron chi connectivity index (χ4n) is 3.08. The Morgan fingerprint density at radius 3 is 2.23 bits per heavy atom. The summed E-state index contributed by atoms with van der Waals surface area (Å²) in [4.78, 5) is 16.2. The van der Waals surface area contributed by atoms with Gasteiger partial charge in [-0.25, -0.2) is 0 Å². The first-order valence-electron chi connectivity index (χ1n) is 8.70. The minimum Gasteiger partial charge on any atom is -0.490 e. The molecule has 3 aromatic carbocycles. The first-order chi connectivity index (χ1) is 12.8. The minimum atomic E-state index is -0.0588. The number of carbonyl (C=O) groups excluding carboxylic acids is 1. The van der Waals surface area contributed by atoms with Gasteiger partial charge in [-0.1, -0.05) is 72.8 Å². The molecule has 0 aliphatic carbocycles. The van der Waals surface area contributed by atoms with Crippen LogP contribution >= 0.6 is 0 Å². The van der Waals surface area contributed by atoms with Crippen molar-refractivity contribution in [1.82, 2.24) is 4.98 Å². The van der Waals surface area contributed by atoms with Crippen molar-refractivity contribution in [2.24, 2.45) is 0 Å². The fourth-order valence-corrected chi connectivity index (χ4v) is 3.08. The summed E-state index contributed by atoms with van der Waals surface area (Å²) in [6.45, 7) is 0.515. The third-order valence-corrected chi connectivity index (χ3v) is 4.40. The van der Waals surface area contributed by atoms with Crippen LogP contribution < -0.4 is 4.74 Å². The SMILES string of the molecule is O=C(c1ccccc1)c1[nH]c2ccccc2c1OCCc1ccccc1. The van der Waals surface area contributed by atoms with Crippen LogP contribution in [0.2, 0.25) is 0 Å². The van der Waals surface area contributed by atoms with E-state index in [0.717, 1.165) is 17.3 Å². The molecule has 0 radical (unpaired) electrons. The van der Waals surface area contributed by atoms with E-state index in [1.54, 1.807) is 0 Å². The molecule has 0 atom stereocenters. The van der Waals surface area contributed by atoms with Gasteiger partial charge in [-0.3, -0.25) is 4.79 Å². The van der Waals surface area contributed by atoms with Crippen LogP contribution in [0.1, 0.15) is 21.6 Å². The zero-order valence-electron chi connectivity index (χ0n) is 14.3. The van der Waals surface area contributed by atoms with Gasteiger partial charge in [-0.15, -0.1) is 0 Å². The van der Waals surface area contributed by atoms with Crippen molar-refractivity contribution in [1.29, 1.82) is 0 Å². The summed E-state index contributed by atoms with van der Waals surface area (Å²) in [6, 6.07) is 27.3. The number of H-pyrrole nitrogens is 1. The lowest BCUT2D eigenvalue weighted by atomic mass is 10.1. The number of aromatic nitrogens is 1. The topological polar surface area (TPSA) is 42.1 Å². The molecule has 0 unspecified atom stereocenters. The lowest BCUT2D eigenvalue weighted by Gasteiger charge is -2.08. The molecule has 0 saturated heterocycles. The molecule has 0 aliphatic rings. The van der Waals surface area contributed by atoms with Crippen molar-refractivity contribution in [3.63, 3.8) is 0 Å². The molecule has 128 valence electrons. The number of hydrogen-bond donors (Lipinski definition) is 1. The Balaban J connectivity index is 1.65. The molecule has 0 fully saturated rings. The standard InChI is InChI=1S/C23H19NO2/c25-22(18-11-5-2-6-12-18)21-23(19-13-7-8-14-20(19)24-21)26-16-15-17-9-3-1-4-10-17/h1-14,24H,15-16H2. The first kappa shape index (κ1) is 16.2. The number of aromatic amines is 1. The van der Waals surface area contributed by atoms with Crippen LogP contribution in [0.15, 0.2) is 84.9 Å². The van der Waals surface area contributed by atoms with Crippen LogP contribution in [0, 0.1) is 0 Å². The normalized spacial score (nSPS) is 10.8. The van der Waals surface area contributed by atoms with E-state index >= 15 is 0 Å². The van der Waals surface area contributed by atoms with Crippen LogP contribution in [-0.4, -0.2) is 17.4 Å². The van der Waals surface area contributed by atoms with Crippen molar-refractivity contribution < 1.29 is 9.53 Å². The molecule has 0 saturated carbocycles. The van der Waals surface area contributed by atoms with E-state index < -0.39 is 0 Å². The van der Waals surface area contributed by atoms with Gasteiger partial charge in [0.15, 0.2) is 5.75 Å². The molecule has 1 N–H and O–H groups in total. The molecule has 3 heteroatoms. The molecule has 26 heavy (non-hydrogen) atoms. The maximum absolute atomic E-state index is 13.0. The predicted molar refractivity (Wildman–Crippen MR) is 104 cm³/mol. The summed E-state index contributed by atoms with van der Waals surface area (Å²) < 4.78 is 6.08. The molecule has 0 amide bonds. The van der Waals surface area contributed by atoms with Crippen molar-refractivity contribution in [2.45, 2.75) is 6.42 Å². The monoisotopic (exact) mass is 341 g/mol. The zero-order valence-corrected chi connectivity index (χ0v) is 14.3. The lowest BCUT2D eigenvalue weighted by molar-refractivity contribution is 0.103. The number of ether oxygens (including phenoxy) is 1. The second-order valence-corrected chi connectivity index (χ2v) is 6.15. The van der Waals surface area contributed by atoms with Gasteiger partial charge in [0.25, 0.3) is 0 Å². The highest BCUT2D eigenvalue weighted by molar-refractivity contribution is 6.13. The molecule has 0 aliphatic heterocycles. The number of nitrogens with one attached hydrogen (secondary N) is 1. The van der Waals surface area contributed by atoms with Gasteiger partial charge >= 0.3 is 0 Å². The van der Waals surface area contributed by atoms with E-state index in [-0.39, 0.29) is 5.78 Å². The van der Waals surface area contributed by atoms with Crippen molar-refractivity contribution in [2.75, 3.05) is 6.61 Å². The maximum atomic E-state index is 13.0. The molecule has 4 aromatic rings. The minimum absolute atomic E-state index is 0.0588. The summed E-state index contributed by atoms with van der Waals surface area (Å²) in [6.07, 6.45) is 0.791. The highest BCUT2D eigenvalue weighted by atomic mass is 16.5. The Morgan fingerprint density at radius 2 is 1.46 bits per heavy atom. The number of carbonyl (C=O) groups is 1. The van der Waals surface area contributed by atoms with E-state index in [1.807, 2.05) is 72.8 Å². The van der Waals surface area contributed by atoms with E-state index in [9.17, 15) is 4.79 Å². The van der Waals surface area contributed by atoms with E-state index in [2.05, 4.69) is 17.1 Å². The van der Waals surface area contributed by atoms with E-state index in [4.69, 9.17) is 4.74 Å². The molecule has 1 heterocycles. The average Bonchev–Trinajstić information content (AvgIpc) is 3.08. The summed E-state index contributed by atoms with van der Waals surface area (Å²) in [5.74, 6) is 0.571. The Bertz CT molecular complexity index is 1020. The second kappa shape index (κ2) is 7.28. The van der Waals surface area contributed by atoms with Crippen LogP contribution in [0.3, 0.4) is 0 Å². The van der Waals surface area contributed by atoms with Gasteiger partial charge in [0.2, 0.25) is 5.78 Å². The second-order valence-electron chi connectivity index (χ2n) is 6.15. The number of rotatable bonds is 6. The number of ketones is 1. The maximum Gasteiger partial charge on any atom is 0.213 e. The largest absolute Gasteiger partial charge is 0.490 e. The first-order valence-corrected chi connectivity index (χ1v) is 8.70. The molecule has 1 aromatic heterocycles. The molecule has 3 nitrogen and oxygen atoms in total. The average molecular weight is 341 g/mol.